The molecule has 1 saturated heterocycles. The molecule has 0 saturated carbocycles. The Labute approximate surface area is 145 Å². The lowest BCUT2D eigenvalue weighted by Crippen LogP contribution is -2.31. The van der Waals surface area contributed by atoms with Crippen LogP contribution in [0.5, 0.6) is 5.75 Å². The summed E-state index contributed by atoms with van der Waals surface area (Å²) in [7, 11) is 3.87. The van der Waals surface area contributed by atoms with Crippen molar-refractivity contribution in [3.63, 3.8) is 0 Å². The highest BCUT2D eigenvalue weighted by molar-refractivity contribution is 7.08. The fourth-order valence-corrected chi connectivity index (χ4v) is 3.46. The molecule has 0 spiro atoms. The van der Waals surface area contributed by atoms with E-state index in [1.54, 1.807) is 6.20 Å². The van der Waals surface area contributed by atoms with Crippen LogP contribution >= 0.6 is 11.5 Å². The van der Waals surface area contributed by atoms with Gasteiger partial charge in [-0.2, -0.15) is 0 Å². The topological polar surface area (TPSA) is 71.5 Å². The number of amides is 1. The van der Waals surface area contributed by atoms with E-state index in [0.717, 1.165) is 23.7 Å². The van der Waals surface area contributed by atoms with Gasteiger partial charge >= 0.3 is 0 Å². The first kappa shape index (κ1) is 16.6. The van der Waals surface area contributed by atoms with E-state index in [-0.39, 0.29) is 12.0 Å². The number of rotatable bonds is 5. The number of carbonyl (C=O) groups is 1. The summed E-state index contributed by atoms with van der Waals surface area (Å²) in [6, 6.07) is 3.77. The van der Waals surface area contributed by atoms with E-state index in [0.29, 0.717) is 24.4 Å². The molecule has 1 atom stereocenters. The van der Waals surface area contributed by atoms with Crippen molar-refractivity contribution >= 4 is 23.3 Å². The Bertz CT molecular complexity index is 718. The second kappa shape index (κ2) is 7.12. The van der Waals surface area contributed by atoms with Crippen molar-refractivity contribution in [1.82, 2.24) is 19.5 Å². The van der Waals surface area contributed by atoms with Crippen LogP contribution in [0.3, 0.4) is 0 Å². The highest BCUT2D eigenvalue weighted by Crippen LogP contribution is 2.27. The van der Waals surface area contributed by atoms with Gasteiger partial charge < -0.3 is 14.5 Å². The molecule has 24 heavy (non-hydrogen) atoms. The molecule has 0 N–H and O–H groups in total. The van der Waals surface area contributed by atoms with Crippen LogP contribution in [-0.4, -0.2) is 58.7 Å². The number of nitrogens with zero attached hydrogens (tertiary/aromatic N) is 5. The van der Waals surface area contributed by atoms with Crippen LogP contribution < -0.4 is 9.64 Å². The van der Waals surface area contributed by atoms with E-state index >= 15 is 0 Å². The van der Waals surface area contributed by atoms with Crippen molar-refractivity contribution in [2.75, 3.05) is 32.1 Å². The Hall–Kier alpha value is -2.22. The number of aromatic nitrogens is 3. The molecule has 1 unspecified atom stereocenters. The van der Waals surface area contributed by atoms with Gasteiger partial charge in [0.15, 0.2) is 11.6 Å². The van der Waals surface area contributed by atoms with Gasteiger partial charge in [-0.3, -0.25) is 4.79 Å². The zero-order valence-electron chi connectivity index (χ0n) is 14.1. The first-order valence-corrected chi connectivity index (χ1v) is 8.77. The lowest BCUT2D eigenvalue weighted by atomic mass is 10.3. The fourth-order valence-electron chi connectivity index (χ4n) is 2.74. The molecular formula is C16H21N5O2S. The molecule has 1 amide bonds. The summed E-state index contributed by atoms with van der Waals surface area (Å²) in [5, 5.41) is 4.02. The number of anilines is 1. The average Bonchev–Trinajstić information content (AvgIpc) is 3.23. The monoisotopic (exact) mass is 347 g/mol. The SMILES string of the molecule is CCc1nnsc1C(=O)N1CCC(Oc2cccnc2N(C)C)C1. The molecule has 0 bridgehead atoms. The zero-order valence-corrected chi connectivity index (χ0v) is 14.9. The highest BCUT2D eigenvalue weighted by atomic mass is 32.1. The van der Waals surface area contributed by atoms with Gasteiger partial charge in [-0.05, 0) is 30.1 Å². The molecule has 3 rings (SSSR count). The van der Waals surface area contributed by atoms with Gasteiger partial charge in [0.25, 0.3) is 5.91 Å². The van der Waals surface area contributed by atoms with Crippen molar-refractivity contribution in [2.45, 2.75) is 25.9 Å². The van der Waals surface area contributed by atoms with Gasteiger partial charge in [-0.25, -0.2) is 4.98 Å². The first-order chi connectivity index (χ1) is 11.6. The van der Waals surface area contributed by atoms with E-state index in [4.69, 9.17) is 4.74 Å². The predicted octanol–water partition coefficient (Wildman–Crippen LogP) is 1.85. The van der Waals surface area contributed by atoms with Gasteiger partial charge in [0.1, 0.15) is 11.0 Å². The minimum Gasteiger partial charge on any atom is -0.485 e. The number of ether oxygens (including phenoxy) is 1. The van der Waals surface area contributed by atoms with Gasteiger partial charge in [0, 0.05) is 33.3 Å². The summed E-state index contributed by atoms with van der Waals surface area (Å²) < 4.78 is 10.00. The molecule has 0 aliphatic carbocycles. The fraction of sp³-hybridized carbons (Fsp3) is 0.500. The smallest absolute Gasteiger partial charge is 0.267 e. The minimum atomic E-state index is -0.0252. The van der Waals surface area contributed by atoms with Crippen LogP contribution in [0.4, 0.5) is 5.82 Å². The second-order valence-electron chi connectivity index (χ2n) is 5.90. The Morgan fingerprint density at radius 2 is 2.33 bits per heavy atom. The maximum Gasteiger partial charge on any atom is 0.267 e. The van der Waals surface area contributed by atoms with Gasteiger partial charge in [-0.15, -0.1) is 5.10 Å². The quantitative estimate of drug-likeness (QED) is 0.822. The standard InChI is InChI=1S/C16H21N5O2S/c1-4-12-14(24-19-18-12)16(22)21-9-7-11(10-21)23-13-6-5-8-17-15(13)20(2)3/h5-6,8,11H,4,7,9-10H2,1-3H3. The van der Waals surface area contributed by atoms with Gasteiger partial charge in [-0.1, -0.05) is 11.4 Å². The van der Waals surface area contributed by atoms with E-state index in [1.165, 1.54) is 11.5 Å². The Balaban J connectivity index is 1.67. The lowest BCUT2D eigenvalue weighted by Gasteiger charge is -2.20. The Morgan fingerprint density at radius 1 is 1.50 bits per heavy atom. The van der Waals surface area contributed by atoms with E-state index in [9.17, 15) is 4.79 Å². The molecule has 0 aromatic carbocycles. The number of hydrogen-bond donors (Lipinski definition) is 0. The molecule has 1 aliphatic rings. The molecule has 1 aliphatic heterocycles. The zero-order chi connectivity index (χ0) is 17.1. The summed E-state index contributed by atoms with van der Waals surface area (Å²) in [6.45, 7) is 3.23. The minimum absolute atomic E-state index is 0.00645. The number of likely N-dealkylation sites (tertiary alicyclic amines) is 1. The average molecular weight is 347 g/mol. The van der Waals surface area contributed by atoms with Crippen molar-refractivity contribution < 1.29 is 9.53 Å². The van der Waals surface area contributed by atoms with Crippen LogP contribution in [0.15, 0.2) is 18.3 Å². The molecule has 1 fully saturated rings. The van der Waals surface area contributed by atoms with Crippen LogP contribution in [0.25, 0.3) is 0 Å². The molecule has 128 valence electrons. The van der Waals surface area contributed by atoms with Crippen molar-refractivity contribution in [3.05, 3.63) is 28.9 Å². The van der Waals surface area contributed by atoms with Gasteiger partial charge in [0.05, 0.1) is 12.2 Å². The highest BCUT2D eigenvalue weighted by Gasteiger charge is 2.31. The molecule has 2 aromatic rings. The number of hydrogen-bond acceptors (Lipinski definition) is 7. The summed E-state index contributed by atoms with van der Waals surface area (Å²) in [5.41, 5.74) is 0.775. The van der Waals surface area contributed by atoms with Crippen LogP contribution in [0, 0.1) is 0 Å². The third kappa shape index (κ3) is 3.33. The van der Waals surface area contributed by atoms with Crippen LogP contribution in [0.2, 0.25) is 0 Å². The largest absolute Gasteiger partial charge is 0.485 e. The molecule has 8 heteroatoms. The summed E-state index contributed by atoms with van der Waals surface area (Å²) in [5.74, 6) is 1.55. The van der Waals surface area contributed by atoms with Crippen LogP contribution in [-0.2, 0) is 6.42 Å². The normalized spacial score (nSPS) is 17.1. The van der Waals surface area contributed by atoms with Crippen molar-refractivity contribution in [3.8, 4) is 5.75 Å². The molecule has 2 aromatic heterocycles. The maximum absolute atomic E-state index is 12.6. The molecule has 0 radical (unpaired) electrons. The summed E-state index contributed by atoms with van der Waals surface area (Å²) in [6.07, 6.45) is 3.24. The van der Waals surface area contributed by atoms with E-state index in [2.05, 4.69) is 14.6 Å². The van der Waals surface area contributed by atoms with Crippen molar-refractivity contribution in [2.24, 2.45) is 0 Å². The van der Waals surface area contributed by atoms with Crippen molar-refractivity contribution in [1.29, 1.82) is 0 Å². The number of carbonyl (C=O) groups excluding carboxylic acids is 1. The predicted molar refractivity (Wildman–Crippen MR) is 92.8 cm³/mol. The summed E-state index contributed by atoms with van der Waals surface area (Å²) in [4.78, 5) is 21.4. The summed E-state index contributed by atoms with van der Waals surface area (Å²) >= 11 is 1.17. The van der Waals surface area contributed by atoms with Gasteiger partial charge in [0.2, 0.25) is 0 Å². The van der Waals surface area contributed by atoms with Crippen LogP contribution in [0.1, 0.15) is 28.7 Å². The molecule has 7 nitrogen and oxygen atoms in total. The molecular weight excluding hydrogens is 326 g/mol. The number of aryl methyl sites for hydroxylation is 1. The Morgan fingerprint density at radius 3 is 3.08 bits per heavy atom. The van der Waals surface area contributed by atoms with E-state index < -0.39 is 0 Å². The lowest BCUT2D eigenvalue weighted by molar-refractivity contribution is 0.0776. The Kier molecular flexibility index (Phi) is 4.94. The third-order valence-corrected chi connectivity index (χ3v) is 4.74. The maximum atomic E-state index is 12.6. The third-order valence-electron chi connectivity index (χ3n) is 3.99. The first-order valence-electron chi connectivity index (χ1n) is 7.99. The number of pyridine rings is 1. The molecule has 3 heterocycles. The second-order valence-corrected chi connectivity index (χ2v) is 6.66. The van der Waals surface area contributed by atoms with E-state index in [1.807, 2.05) is 43.0 Å².